The maximum atomic E-state index is 9.55. The molecule has 1 aromatic carbocycles. The lowest BCUT2D eigenvalue weighted by Gasteiger charge is -2.02. The fraction of sp³-hybridized carbons (Fsp3) is 0.0714. The summed E-state index contributed by atoms with van der Waals surface area (Å²) in [6, 6.07) is 13.8. The Morgan fingerprint density at radius 1 is 1.21 bits per heavy atom. The van der Waals surface area contributed by atoms with E-state index in [-0.39, 0.29) is 6.61 Å². The van der Waals surface area contributed by atoms with E-state index in [2.05, 4.69) is 20.9 Å². The van der Waals surface area contributed by atoms with E-state index >= 15 is 0 Å². The van der Waals surface area contributed by atoms with Gasteiger partial charge in [-0.3, -0.25) is 0 Å². The van der Waals surface area contributed by atoms with Crippen LogP contribution in [0.4, 0.5) is 0 Å². The molecular weight excluding hydrogens is 324 g/mol. The SMILES string of the molecule is OCc1c(Sc2cccc(Br)c2)nc2ccccn12. The molecule has 3 rings (SSSR count). The van der Waals surface area contributed by atoms with Gasteiger partial charge in [-0.05, 0) is 30.3 Å². The van der Waals surface area contributed by atoms with Crippen molar-refractivity contribution in [1.29, 1.82) is 0 Å². The van der Waals surface area contributed by atoms with Crippen molar-refractivity contribution < 1.29 is 5.11 Å². The van der Waals surface area contributed by atoms with Crippen molar-refractivity contribution in [3.8, 4) is 0 Å². The molecular formula is C14H11BrN2OS. The van der Waals surface area contributed by atoms with Gasteiger partial charge in [-0.1, -0.05) is 39.8 Å². The number of benzene rings is 1. The van der Waals surface area contributed by atoms with Gasteiger partial charge in [0.15, 0.2) is 0 Å². The zero-order chi connectivity index (χ0) is 13.2. The van der Waals surface area contributed by atoms with E-state index in [0.717, 1.165) is 25.7 Å². The van der Waals surface area contributed by atoms with Crippen LogP contribution in [0.25, 0.3) is 5.65 Å². The fourth-order valence-corrected chi connectivity index (χ4v) is 3.42. The van der Waals surface area contributed by atoms with Crippen molar-refractivity contribution in [2.45, 2.75) is 16.5 Å². The topological polar surface area (TPSA) is 37.5 Å². The quantitative estimate of drug-likeness (QED) is 0.792. The van der Waals surface area contributed by atoms with Crippen molar-refractivity contribution >= 4 is 33.3 Å². The highest BCUT2D eigenvalue weighted by Crippen LogP contribution is 2.31. The van der Waals surface area contributed by atoms with Crippen molar-refractivity contribution in [2.75, 3.05) is 0 Å². The smallest absolute Gasteiger partial charge is 0.138 e. The lowest BCUT2D eigenvalue weighted by molar-refractivity contribution is 0.272. The largest absolute Gasteiger partial charge is 0.390 e. The van der Waals surface area contributed by atoms with E-state index in [9.17, 15) is 5.11 Å². The maximum Gasteiger partial charge on any atom is 0.138 e. The first-order chi connectivity index (χ1) is 9.28. The summed E-state index contributed by atoms with van der Waals surface area (Å²) in [4.78, 5) is 5.65. The number of aliphatic hydroxyl groups excluding tert-OH is 1. The Morgan fingerprint density at radius 2 is 2.11 bits per heavy atom. The summed E-state index contributed by atoms with van der Waals surface area (Å²) >= 11 is 5.01. The molecule has 0 unspecified atom stereocenters. The van der Waals surface area contributed by atoms with Gasteiger partial charge < -0.3 is 9.51 Å². The van der Waals surface area contributed by atoms with Crippen LogP contribution in [0.2, 0.25) is 0 Å². The van der Waals surface area contributed by atoms with Gasteiger partial charge in [0.1, 0.15) is 10.7 Å². The molecule has 0 saturated carbocycles. The van der Waals surface area contributed by atoms with E-state index in [4.69, 9.17) is 0 Å². The van der Waals surface area contributed by atoms with Crippen LogP contribution in [0.5, 0.6) is 0 Å². The molecule has 2 heterocycles. The first kappa shape index (κ1) is 12.7. The molecule has 0 fully saturated rings. The van der Waals surface area contributed by atoms with E-state index in [1.54, 1.807) is 11.8 Å². The normalized spacial score (nSPS) is 11.1. The second-order valence-corrected chi connectivity index (χ2v) is 5.99. The molecule has 19 heavy (non-hydrogen) atoms. The molecule has 0 bridgehead atoms. The molecule has 0 spiro atoms. The van der Waals surface area contributed by atoms with Crippen LogP contribution in [0, 0.1) is 0 Å². The Morgan fingerprint density at radius 3 is 2.89 bits per heavy atom. The number of nitrogens with zero attached hydrogens (tertiary/aromatic N) is 2. The predicted octanol–water partition coefficient (Wildman–Crippen LogP) is 3.74. The summed E-state index contributed by atoms with van der Waals surface area (Å²) in [7, 11) is 0. The Balaban J connectivity index is 2.05. The highest BCUT2D eigenvalue weighted by Gasteiger charge is 2.12. The second kappa shape index (κ2) is 5.36. The molecule has 5 heteroatoms. The monoisotopic (exact) mass is 334 g/mol. The molecule has 0 amide bonds. The molecule has 1 N–H and O–H groups in total. The van der Waals surface area contributed by atoms with E-state index in [1.165, 1.54) is 0 Å². The number of hydrogen-bond donors (Lipinski definition) is 1. The maximum absolute atomic E-state index is 9.55. The Kier molecular flexibility index (Phi) is 3.59. The van der Waals surface area contributed by atoms with Gasteiger partial charge >= 0.3 is 0 Å². The van der Waals surface area contributed by atoms with Gasteiger partial charge in [0.2, 0.25) is 0 Å². The molecule has 0 radical (unpaired) electrons. The standard InChI is InChI=1S/C14H11BrN2OS/c15-10-4-3-5-11(8-10)19-14-12(9-18)17-7-2-1-6-13(17)16-14/h1-8,18H,9H2. The van der Waals surface area contributed by atoms with Crippen LogP contribution in [0.1, 0.15) is 5.69 Å². The minimum atomic E-state index is -0.0263. The first-order valence-corrected chi connectivity index (χ1v) is 7.39. The molecule has 0 aliphatic carbocycles. The molecule has 0 saturated heterocycles. The summed E-state index contributed by atoms with van der Waals surface area (Å²) in [5.41, 5.74) is 1.67. The van der Waals surface area contributed by atoms with Crippen LogP contribution < -0.4 is 0 Å². The highest BCUT2D eigenvalue weighted by atomic mass is 79.9. The summed E-state index contributed by atoms with van der Waals surface area (Å²) in [5, 5.41) is 10.4. The van der Waals surface area contributed by atoms with Gasteiger partial charge in [-0.15, -0.1) is 0 Å². The lowest BCUT2D eigenvalue weighted by atomic mass is 10.4. The van der Waals surface area contributed by atoms with Crippen LogP contribution >= 0.6 is 27.7 Å². The minimum Gasteiger partial charge on any atom is -0.390 e. The average Bonchev–Trinajstić information content (AvgIpc) is 2.75. The van der Waals surface area contributed by atoms with E-state index in [1.807, 2.05) is 53.1 Å². The summed E-state index contributed by atoms with van der Waals surface area (Å²) in [5.74, 6) is 0. The Bertz CT molecular complexity index is 726. The van der Waals surface area contributed by atoms with E-state index < -0.39 is 0 Å². The van der Waals surface area contributed by atoms with Crippen molar-refractivity contribution in [1.82, 2.24) is 9.38 Å². The number of aliphatic hydroxyl groups is 1. The summed E-state index contributed by atoms with van der Waals surface area (Å²) < 4.78 is 2.95. The Labute approximate surface area is 123 Å². The number of imidazole rings is 1. The van der Waals surface area contributed by atoms with Crippen molar-refractivity contribution in [3.05, 3.63) is 58.8 Å². The molecule has 96 valence electrons. The van der Waals surface area contributed by atoms with Crippen molar-refractivity contribution in [2.24, 2.45) is 0 Å². The number of halogens is 1. The van der Waals surface area contributed by atoms with Gasteiger partial charge in [0, 0.05) is 15.6 Å². The van der Waals surface area contributed by atoms with Gasteiger partial charge in [0.05, 0.1) is 12.3 Å². The zero-order valence-corrected chi connectivity index (χ0v) is 12.4. The lowest BCUT2D eigenvalue weighted by Crippen LogP contribution is -1.92. The number of pyridine rings is 1. The fourth-order valence-electron chi connectivity index (χ4n) is 1.89. The number of rotatable bonds is 3. The third-order valence-corrected chi connectivity index (χ3v) is 4.26. The molecule has 3 aromatic rings. The van der Waals surface area contributed by atoms with Crippen LogP contribution in [-0.4, -0.2) is 14.5 Å². The van der Waals surface area contributed by atoms with Gasteiger partial charge in [-0.2, -0.15) is 0 Å². The summed E-state index contributed by atoms with van der Waals surface area (Å²) in [6.45, 7) is -0.0263. The van der Waals surface area contributed by atoms with Crippen LogP contribution in [0.3, 0.4) is 0 Å². The van der Waals surface area contributed by atoms with Crippen LogP contribution in [0.15, 0.2) is 63.1 Å². The number of hydrogen-bond acceptors (Lipinski definition) is 3. The first-order valence-electron chi connectivity index (χ1n) is 5.78. The molecule has 3 nitrogen and oxygen atoms in total. The minimum absolute atomic E-state index is 0.0263. The molecule has 2 aromatic heterocycles. The second-order valence-electron chi connectivity index (χ2n) is 4.01. The molecule has 0 atom stereocenters. The summed E-state index contributed by atoms with van der Waals surface area (Å²) in [6.07, 6.45) is 1.92. The van der Waals surface area contributed by atoms with E-state index in [0.29, 0.717) is 0 Å². The molecule has 0 aliphatic rings. The predicted molar refractivity (Wildman–Crippen MR) is 79.4 cm³/mol. The van der Waals surface area contributed by atoms with Gasteiger partial charge in [0.25, 0.3) is 0 Å². The Hall–Kier alpha value is -1.30. The van der Waals surface area contributed by atoms with Gasteiger partial charge in [-0.25, -0.2) is 4.98 Å². The third kappa shape index (κ3) is 2.54. The number of fused-ring (bicyclic) bond motifs is 1. The zero-order valence-electron chi connectivity index (χ0n) is 9.95. The average molecular weight is 335 g/mol. The van der Waals surface area contributed by atoms with Crippen molar-refractivity contribution in [3.63, 3.8) is 0 Å². The highest BCUT2D eigenvalue weighted by molar-refractivity contribution is 9.10. The number of aromatic nitrogens is 2. The third-order valence-electron chi connectivity index (χ3n) is 2.75. The van der Waals surface area contributed by atoms with Crippen LogP contribution in [-0.2, 0) is 6.61 Å². The molecule has 0 aliphatic heterocycles.